The summed E-state index contributed by atoms with van der Waals surface area (Å²) in [6.07, 6.45) is 2.27. The Hall–Kier alpha value is -0.920. The number of hydrogen-bond donors (Lipinski definition) is 1. The highest BCUT2D eigenvalue weighted by molar-refractivity contribution is 7.91. The lowest BCUT2D eigenvalue weighted by Crippen LogP contribution is -2.50. The third-order valence-electron chi connectivity index (χ3n) is 3.28. The summed E-state index contributed by atoms with van der Waals surface area (Å²) in [5, 5.41) is 2.55. The fraction of sp³-hybridized carbons (Fsp3) is 0.583. The van der Waals surface area contributed by atoms with Crippen molar-refractivity contribution in [3.8, 4) is 0 Å². The molecule has 1 aromatic heterocycles. The highest BCUT2D eigenvalue weighted by Gasteiger charge is 2.37. The Morgan fingerprint density at radius 1 is 1.42 bits per heavy atom. The van der Waals surface area contributed by atoms with Gasteiger partial charge >= 0.3 is 0 Å². The summed E-state index contributed by atoms with van der Waals surface area (Å²) in [6, 6.07) is 2.83. The van der Waals surface area contributed by atoms with Crippen LogP contribution < -0.4 is 5.32 Å². The molecule has 1 atom stereocenters. The summed E-state index contributed by atoms with van der Waals surface area (Å²) >= 11 is 1.25. The average molecular weight is 302 g/mol. The van der Waals surface area contributed by atoms with Crippen LogP contribution in [0, 0.1) is 6.92 Å². The topological polar surface area (TPSA) is 66.5 Å². The van der Waals surface area contributed by atoms with Crippen LogP contribution in [-0.4, -0.2) is 38.3 Å². The van der Waals surface area contributed by atoms with Gasteiger partial charge < -0.3 is 5.32 Å². The van der Waals surface area contributed by atoms with Crippen LogP contribution in [0.3, 0.4) is 0 Å². The van der Waals surface area contributed by atoms with E-state index in [1.165, 1.54) is 22.7 Å². The van der Waals surface area contributed by atoms with E-state index in [4.69, 9.17) is 0 Å². The number of piperidine rings is 1. The van der Waals surface area contributed by atoms with Crippen LogP contribution in [0.15, 0.2) is 16.3 Å². The normalized spacial score (nSPS) is 21.3. The summed E-state index contributed by atoms with van der Waals surface area (Å²) in [5.41, 5.74) is 0. The number of sulfonamides is 1. The van der Waals surface area contributed by atoms with Gasteiger partial charge in [0.05, 0.1) is 0 Å². The lowest BCUT2D eigenvalue weighted by molar-refractivity contribution is -0.125. The molecule has 5 nitrogen and oxygen atoms in total. The Bertz CT molecular complexity index is 565. The third kappa shape index (κ3) is 2.82. The molecule has 1 unspecified atom stereocenters. The van der Waals surface area contributed by atoms with Crippen LogP contribution in [0.25, 0.3) is 0 Å². The Kier molecular flexibility index (Phi) is 4.27. The Balaban J connectivity index is 2.34. The van der Waals surface area contributed by atoms with E-state index in [9.17, 15) is 13.2 Å². The molecule has 7 heteroatoms. The number of aryl methyl sites for hydroxylation is 1. The fourth-order valence-electron chi connectivity index (χ4n) is 2.29. The number of carbonyl (C=O) groups is 1. The van der Waals surface area contributed by atoms with Crippen molar-refractivity contribution in [3.05, 3.63) is 17.0 Å². The molecule has 1 aliphatic heterocycles. The number of carbonyl (C=O) groups excluding carboxylic acids is 1. The van der Waals surface area contributed by atoms with Crippen molar-refractivity contribution in [2.75, 3.05) is 13.6 Å². The van der Waals surface area contributed by atoms with E-state index in [1.54, 1.807) is 12.1 Å². The van der Waals surface area contributed by atoms with Gasteiger partial charge in [-0.25, -0.2) is 8.42 Å². The van der Waals surface area contributed by atoms with Crippen molar-refractivity contribution >= 4 is 27.3 Å². The molecule has 1 aromatic rings. The number of amides is 1. The van der Waals surface area contributed by atoms with Crippen molar-refractivity contribution in [1.29, 1.82) is 0 Å². The van der Waals surface area contributed by atoms with E-state index in [0.29, 0.717) is 17.2 Å². The summed E-state index contributed by atoms with van der Waals surface area (Å²) in [4.78, 5) is 12.8. The first-order valence-corrected chi connectivity index (χ1v) is 8.52. The summed E-state index contributed by atoms with van der Waals surface area (Å²) in [7, 11) is -2.02. The second kappa shape index (κ2) is 5.60. The molecule has 106 valence electrons. The maximum Gasteiger partial charge on any atom is 0.253 e. The van der Waals surface area contributed by atoms with Gasteiger partial charge in [0.1, 0.15) is 10.3 Å². The molecule has 2 rings (SSSR count). The molecule has 1 fully saturated rings. The molecule has 1 amide bonds. The molecule has 0 aromatic carbocycles. The Labute approximate surface area is 117 Å². The molecule has 0 saturated carbocycles. The van der Waals surface area contributed by atoms with E-state index in [-0.39, 0.29) is 5.91 Å². The van der Waals surface area contributed by atoms with E-state index in [1.807, 2.05) is 6.92 Å². The van der Waals surface area contributed by atoms with Gasteiger partial charge in [0.15, 0.2) is 0 Å². The minimum atomic E-state index is -3.55. The summed E-state index contributed by atoms with van der Waals surface area (Å²) in [6.45, 7) is 2.29. The SMILES string of the molecule is CNC(=O)C1CCCCN1S(=O)(=O)c1ccc(C)s1. The van der Waals surface area contributed by atoms with Crippen molar-refractivity contribution < 1.29 is 13.2 Å². The van der Waals surface area contributed by atoms with E-state index < -0.39 is 16.1 Å². The second-order valence-electron chi connectivity index (χ2n) is 4.61. The smallest absolute Gasteiger partial charge is 0.253 e. The summed E-state index contributed by atoms with van der Waals surface area (Å²) < 4.78 is 26.8. The number of hydrogen-bond acceptors (Lipinski definition) is 4. The van der Waals surface area contributed by atoms with Gasteiger partial charge in [-0.2, -0.15) is 4.31 Å². The zero-order valence-corrected chi connectivity index (χ0v) is 12.7. The van der Waals surface area contributed by atoms with Crippen molar-refractivity contribution in [3.63, 3.8) is 0 Å². The van der Waals surface area contributed by atoms with Crippen LogP contribution in [0.4, 0.5) is 0 Å². The van der Waals surface area contributed by atoms with Gasteiger partial charge in [0.2, 0.25) is 5.91 Å². The van der Waals surface area contributed by atoms with Crippen molar-refractivity contribution in [1.82, 2.24) is 9.62 Å². The van der Waals surface area contributed by atoms with Crippen LogP contribution >= 0.6 is 11.3 Å². The molecule has 19 heavy (non-hydrogen) atoms. The maximum absolute atomic E-state index is 12.6. The van der Waals surface area contributed by atoms with Crippen LogP contribution in [0.5, 0.6) is 0 Å². The van der Waals surface area contributed by atoms with E-state index in [0.717, 1.165) is 17.7 Å². The number of rotatable bonds is 3. The lowest BCUT2D eigenvalue weighted by Gasteiger charge is -2.32. The molecule has 1 saturated heterocycles. The molecular formula is C12H18N2O3S2. The zero-order chi connectivity index (χ0) is 14.0. The average Bonchev–Trinajstić information content (AvgIpc) is 2.85. The number of likely N-dealkylation sites (N-methyl/N-ethyl adjacent to an activating group) is 1. The van der Waals surface area contributed by atoms with Crippen molar-refractivity contribution in [2.45, 2.75) is 36.4 Å². The highest BCUT2D eigenvalue weighted by atomic mass is 32.2. The van der Waals surface area contributed by atoms with Gasteiger partial charge in [-0.15, -0.1) is 11.3 Å². The number of nitrogens with one attached hydrogen (secondary N) is 1. The number of thiophene rings is 1. The maximum atomic E-state index is 12.6. The largest absolute Gasteiger partial charge is 0.358 e. The molecular weight excluding hydrogens is 284 g/mol. The first-order chi connectivity index (χ1) is 8.96. The predicted molar refractivity (Wildman–Crippen MR) is 74.7 cm³/mol. The quantitative estimate of drug-likeness (QED) is 0.916. The summed E-state index contributed by atoms with van der Waals surface area (Å²) in [5.74, 6) is -0.225. The third-order valence-corrected chi connectivity index (χ3v) is 6.66. The minimum absolute atomic E-state index is 0.225. The number of nitrogens with zero attached hydrogens (tertiary/aromatic N) is 1. The van der Waals surface area contributed by atoms with Gasteiger partial charge in [0, 0.05) is 18.5 Å². The van der Waals surface area contributed by atoms with E-state index >= 15 is 0 Å². The monoisotopic (exact) mass is 302 g/mol. The first-order valence-electron chi connectivity index (χ1n) is 6.26. The minimum Gasteiger partial charge on any atom is -0.358 e. The van der Waals surface area contributed by atoms with Crippen LogP contribution in [0.1, 0.15) is 24.1 Å². The lowest BCUT2D eigenvalue weighted by atomic mass is 10.0. The first kappa shape index (κ1) is 14.5. The Morgan fingerprint density at radius 2 is 2.16 bits per heavy atom. The van der Waals surface area contributed by atoms with Crippen LogP contribution in [0.2, 0.25) is 0 Å². The van der Waals surface area contributed by atoms with Crippen LogP contribution in [-0.2, 0) is 14.8 Å². The van der Waals surface area contributed by atoms with Gasteiger partial charge in [-0.05, 0) is 31.9 Å². The van der Waals surface area contributed by atoms with Gasteiger partial charge in [-0.1, -0.05) is 6.42 Å². The van der Waals surface area contributed by atoms with E-state index in [2.05, 4.69) is 5.32 Å². The zero-order valence-electron chi connectivity index (χ0n) is 11.0. The fourth-order valence-corrected chi connectivity index (χ4v) is 5.36. The standard InChI is InChI=1S/C12H18N2O3S2/c1-9-6-7-11(18-9)19(16,17)14-8-4-3-5-10(14)12(15)13-2/h6-7,10H,3-5,8H2,1-2H3,(H,13,15). The molecule has 1 N–H and O–H groups in total. The molecule has 0 bridgehead atoms. The second-order valence-corrected chi connectivity index (χ2v) is 8.01. The van der Waals surface area contributed by atoms with Crippen molar-refractivity contribution in [2.24, 2.45) is 0 Å². The Morgan fingerprint density at radius 3 is 2.74 bits per heavy atom. The van der Waals surface area contributed by atoms with Gasteiger partial charge in [-0.3, -0.25) is 4.79 Å². The molecule has 0 spiro atoms. The molecule has 1 aliphatic rings. The molecule has 0 radical (unpaired) electrons. The predicted octanol–water partition coefficient (Wildman–Crippen LogP) is 1.35. The van der Waals surface area contributed by atoms with Gasteiger partial charge in [0.25, 0.3) is 10.0 Å². The highest BCUT2D eigenvalue weighted by Crippen LogP contribution is 2.29. The molecule has 0 aliphatic carbocycles. The molecule has 2 heterocycles.